The van der Waals surface area contributed by atoms with Gasteiger partial charge in [0.2, 0.25) is 15.9 Å². The molecule has 1 aliphatic rings. The van der Waals surface area contributed by atoms with E-state index in [2.05, 4.69) is 10.4 Å². The molecule has 1 fully saturated rings. The van der Waals surface area contributed by atoms with Crippen LogP contribution < -0.4 is 5.32 Å². The molecule has 1 heterocycles. The highest BCUT2D eigenvalue weighted by atomic mass is 32.2. The molecule has 0 bridgehead atoms. The highest BCUT2D eigenvalue weighted by Crippen LogP contribution is 2.26. The first kappa shape index (κ1) is 18.6. The number of hydrogen-bond donors (Lipinski definition) is 1. The zero-order chi connectivity index (χ0) is 18.6. The van der Waals surface area contributed by atoms with Gasteiger partial charge in [0.15, 0.2) is 0 Å². The number of aromatic nitrogens is 2. The van der Waals surface area contributed by atoms with Gasteiger partial charge in [-0.25, -0.2) is 8.42 Å². The maximum atomic E-state index is 12.8. The van der Waals surface area contributed by atoms with Gasteiger partial charge in [-0.05, 0) is 43.2 Å². The van der Waals surface area contributed by atoms with Crippen LogP contribution in [-0.2, 0) is 21.4 Å². The number of carbonyl (C=O) groups is 1. The zero-order valence-electron chi connectivity index (χ0n) is 14.8. The predicted molar refractivity (Wildman–Crippen MR) is 99.1 cm³/mol. The Morgan fingerprint density at radius 1 is 1.23 bits per heavy atom. The molecule has 0 spiro atoms. The van der Waals surface area contributed by atoms with Crippen LogP contribution in [0.25, 0.3) is 0 Å². The van der Waals surface area contributed by atoms with Crippen molar-refractivity contribution in [1.82, 2.24) is 14.1 Å². The monoisotopic (exact) mass is 376 g/mol. The summed E-state index contributed by atoms with van der Waals surface area (Å²) < 4.78 is 28.6. The molecule has 0 radical (unpaired) electrons. The lowest BCUT2D eigenvalue weighted by Crippen LogP contribution is -2.38. The molecule has 140 valence electrons. The van der Waals surface area contributed by atoms with Gasteiger partial charge in [-0.15, -0.1) is 0 Å². The lowest BCUT2D eigenvalue weighted by molar-refractivity contribution is -0.116. The SMILES string of the molecule is CN(C1CCCCC1)S(=O)(=O)c1ccc(NC(=O)Cn2cccn2)cc1. The van der Waals surface area contributed by atoms with Gasteiger partial charge in [0.25, 0.3) is 0 Å². The van der Waals surface area contributed by atoms with Crippen molar-refractivity contribution < 1.29 is 13.2 Å². The Kier molecular flexibility index (Phi) is 5.73. The van der Waals surface area contributed by atoms with Crippen LogP contribution in [-0.4, -0.2) is 41.5 Å². The molecule has 0 saturated heterocycles. The van der Waals surface area contributed by atoms with Gasteiger partial charge in [0.1, 0.15) is 6.54 Å². The summed E-state index contributed by atoms with van der Waals surface area (Å²) >= 11 is 0. The van der Waals surface area contributed by atoms with E-state index < -0.39 is 10.0 Å². The number of hydrogen-bond acceptors (Lipinski definition) is 4. The fourth-order valence-corrected chi connectivity index (χ4v) is 4.67. The van der Waals surface area contributed by atoms with E-state index in [1.54, 1.807) is 37.6 Å². The van der Waals surface area contributed by atoms with Crippen LogP contribution in [0.3, 0.4) is 0 Å². The van der Waals surface area contributed by atoms with Crippen molar-refractivity contribution in [2.45, 2.75) is 49.6 Å². The first-order chi connectivity index (χ1) is 12.5. The van der Waals surface area contributed by atoms with Crippen LogP contribution in [0.1, 0.15) is 32.1 Å². The summed E-state index contributed by atoms with van der Waals surface area (Å²) in [6.07, 6.45) is 8.47. The predicted octanol–water partition coefficient (Wildman–Crippen LogP) is 2.48. The number of carbonyl (C=O) groups excluding carboxylic acids is 1. The van der Waals surface area contributed by atoms with Crippen molar-refractivity contribution in [3.05, 3.63) is 42.7 Å². The van der Waals surface area contributed by atoms with Crippen LogP contribution in [0.15, 0.2) is 47.6 Å². The summed E-state index contributed by atoms with van der Waals surface area (Å²) in [5, 5.41) is 6.72. The van der Waals surface area contributed by atoms with Crippen LogP contribution >= 0.6 is 0 Å². The van der Waals surface area contributed by atoms with Crippen molar-refractivity contribution in [2.75, 3.05) is 12.4 Å². The molecule has 1 aromatic heterocycles. The second-order valence-electron chi connectivity index (χ2n) is 6.59. The molecule has 26 heavy (non-hydrogen) atoms. The van der Waals surface area contributed by atoms with E-state index in [1.165, 1.54) is 27.5 Å². The van der Waals surface area contributed by atoms with Crippen molar-refractivity contribution in [3.63, 3.8) is 0 Å². The molecule has 3 rings (SSSR count). The molecule has 0 aliphatic heterocycles. The largest absolute Gasteiger partial charge is 0.324 e. The fraction of sp³-hybridized carbons (Fsp3) is 0.444. The Bertz CT molecular complexity index is 826. The minimum absolute atomic E-state index is 0.0715. The molecule has 8 heteroatoms. The summed E-state index contributed by atoms with van der Waals surface area (Å²) in [6, 6.07) is 8.12. The average Bonchev–Trinajstić information content (AvgIpc) is 3.15. The van der Waals surface area contributed by atoms with E-state index in [1.807, 2.05) is 0 Å². The third-order valence-electron chi connectivity index (χ3n) is 4.77. The van der Waals surface area contributed by atoms with E-state index in [9.17, 15) is 13.2 Å². The minimum atomic E-state index is -3.52. The molecular formula is C18H24N4O3S. The van der Waals surface area contributed by atoms with E-state index >= 15 is 0 Å². The Morgan fingerprint density at radius 3 is 2.54 bits per heavy atom. The quantitative estimate of drug-likeness (QED) is 0.839. The molecule has 1 N–H and O–H groups in total. The molecule has 1 aromatic carbocycles. The summed E-state index contributed by atoms with van der Waals surface area (Å²) in [7, 11) is -1.86. The minimum Gasteiger partial charge on any atom is -0.324 e. The number of amides is 1. The highest BCUT2D eigenvalue weighted by Gasteiger charge is 2.28. The van der Waals surface area contributed by atoms with Crippen LogP contribution in [0.2, 0.25) is 0 Å². The molecular weight excluding hydrogens is 352 g/mol. The summed E-state index contributed by atoms with van der Waals surface area (Å²) in [4.78, 5) is 12.2. The topological polar surface area (TPSA) is 84.3 Å². The second kappa shape index (κ2) is 8.01. The van der Waals surface area contributed by atoms with Gasteiger partial charge in [-0.2, -0.15) is 9.40 Å². The number of nitrogens with zero attached hydrogens (tertiary/aromatic N) is 3. The number of benzene rings is 1. The Labute approximate surface area is 154 Å². The summed E-state index contributed by atoms with van der Waals surface area (Å²) in [6.45, 7) is 0.109. The standard InChI is InChI=1S/C18H24N4O3S/c1-21(16-6-3-2-4-7-16)26(24,25)17-10-8-15(9-11-17)20-18(23)14-22-13-5-12-19-22/h5,8-13,16H,2-4,6-7,14H2,1H3,(H,20,23). The summed E-state index contributed by atoms with van der Waals surface area (Å²) in [5.41, 5.74) is 0.557. The fourth-order valence-electron chi connectivity index (χ4n) is 3.26. The van der Waals surface area contributed by atoms with Crippen molar-refractivity contribution >= 4 is 21.6 Å². The first-order valence-corrected chi connectivity index (χ1v) is 10.3. The lowest BCUT2D eigenvalue weighted by atomic mass is 9.96. The molecule has 7 nitrogen and oxygen atoms in total. The van der Waals surface area contributed by atoms with E-state index in [-0.39, 0.29) is 23.4 Å². The second-order valence-corrected chi connectivity index (χ2v) is 8.59. The first-order valence-electron chi connectivity index (χ1n) is 8.82. The Balaban J connectivity index is 1.65. The molecule has 1 saturated carbocycles. The van der Waals surface area contributed by atoms with Gasteiger partial charge in [-0.1, -0.05) is 19.3 Å². The van der Waals surface area contributed by atoms with E-state index in [0.29, 0.717) is 5.69 Å². The highest BCUT2D eigenvalue weighted by molar-refractivity contribution is 7.89. The lowest BCUT2D eigenvalue weighted by Gasteiger charge is -2.30. The average molecular weight is 376 g/mol. The van der Waals surface area contributed by atoms with Crippen LogP contribution in [0.4, 0.5) is 5.69 Å². The Hall–Kier alpha value is -2.19. The van der Waals surface area contributed by atoms with Crippen LogP contribution in [0.5, 0.6) is 0 Å². The van der Waals surface area contributed by atoms with Crippen LogP contribution in [0, 0.1) is 0 Å². The molecule has 1 amide bonds. The number of sulfonamides is 1. The molecule has 0 unspecified atom stereocenters. The normalized spacial score (nSPS) is 15.9. The van der Waals surface area contributed by atoms with Crippen molar-refractivity contribution in [2.24, 2.45) is 0 Å². The number of rotatable bonds is 6. The smallest absolute Gasteiger partial charge is 0.246 e. The third-order valence-corrected chi connectivity index (χ3v) is 6.69. The molecule has 1 aliphatic carbocycles. The van der Waals surface area contributed by atoms with Gasteiger partial charge in [-0.3, -0.25) is 9.48 Å². The number of nitrogens with one attached hydrogen (secondary N) is 1. The zero-order valence-corrected chi connectivity index (χ0v) is 15.7. The number of anilines is 1. The van der Waals surface area contributed by atoms with Gasteiger partial charge in [0.05, 0.1) is 4.90 Å². The van der Waals surface area contributed by atoms with E-state index in [4.69, 9.17) is 0 Å². The molecule has 0 atom stereocenters. The maximum absolute atomic E-state index is 12.8. The third kappa shape index (κ3) is 4.31. The Morgan fingerprint density at radius 2 is 1.92 bits per heavy atom. The van der Waals surface area contributed by atoms with Gasteiger partial charge < -0.3 is 5.32 Å². The van der Waals surface area contributed by atoms with Gasteiger partial charge in [0, 0.05) is 31.2 Å². The van der Waals surface area contributed by atoms with E-state index in [0.717, 1.165) is 25.7 Å². The summed E-state index contributed by atoms with van der Waals surface area (Å²) in [5.74, 6) is -0.219. The van der Waals surface area contributed by atoms with Crippen molar-refractivity contribution in [1.29, 1.82) is 0 Å². The van der Waals surface area contributed by atoms with Gasteiger partial charge >= 0.3 is 0 Å². The van der Waals surface area contributed by atoms with Crippen molar-refractivity contribution in [3.8, 4) is 0 Å². The maximum Gasteiger partial charge on any atom is 0.246 e. The molecule has 2 aromatic rings.